The molecule has 0 saturated heterocycles. The molecule has 0 aliphatic rings. The van der Waals surface area contributed by atoms with E-state index in [2.05, 4.69) is 15.6 Å². The van der Waals surface area contributed by atoms with Crippen molar-refractivity contribution < 1.29 is 4.79 Å². The Morgan fingerprint density at radius 2 is 1.88 bits per heavy atom. The maximum absolute atomic E-state index is 10.8. The van der Waals surface area contributed by atoms with Crippen molar-refractivity contribution in [2.45, 2.75) is 13.5 Å². The number of hydrogen-bond acceptors (Lipinski definition) is 2. The van der Waals surface area contributed by atoms with Crippen LogP contribution in [-0.4, -0.2) is 10.9 Å². The second-order valence-electron chi connectivity index (χ2n) is 3.81. The Balaban J connectivity index is 1.91. The second kappa shape index (κ2) is 5.21. The molecule has 0 fully saturated rings. The molecule has 2 rings (SSSR count). The average molecular weight is 229 g/mol. The maximum Gasteiger partial charge on any atom is 0.221 e. The molecule has 2 aromatic rings. The van der Waals surface area contributed by atoms with Crippen LogP contribution in [0.15, 0.2) is 42.6 Å². The van der Waals surface area contributed by atoms with E-state index in [-0.39, 0.29) is 5.91 Å². The quantitative estimate of drug-likeness (QED) is 0.754. The van der Waals surface area contributed by atoms with Crippen LogP contribution in [0.3, 0.4) is 0 Å². The Hall–Kier alpha value is -2.23. The molecule has 0 aliphatic heterocycles. The molecule has 4 heteroatoms. The molecule has 1 amide bonds. The Kier molecular flexibility index (Phi) is 3.45. The Bertz CT molecular complexity index is 474. The van der Waals surface area contributed by atoms with Crippen LogP contribution in [0.25, 0.3) is 0 Å². The molecule has 0 aliphatic carbocycles. The van der Waals surface area contributed by atoms with Gasteiger partial charge in [0, 0.05) is 30.2 Å². The van der Waals surface area contributed by atoms with Gasteiger partial charge < -0.3 is 15.6 Å². The van der Waals surface area contributed by atoms with E-state index in [0.29, 0.717) is 0 Å². The van der Waals surface area contributed by atoms with Gasteiger partial charge in [-0.25, -0.2) is 0 Å². The predicted octanol–water partition coefficient (Wildman–Crippen LogP) is 2.59. The van der Waals surface area contributed by atoms with Crippen LogP contribution in [-0.2, 0) is 11.3 Å². The van der Waals surface area contributed by atoms with Gasteiger partial charge in [-0.15, -0.1) is 0 Å². The summed E-state index contributed by atoms with van der Waals surface area (Å²) < 4.78 is 0. The molecule has 3 N–H and O–H groups in total. The van der Waals surface area contributed by atoms with Crippen molar-refractivity contribution in [3.05, 3.63) is 48.3 Å². The van der Waals surface area contributed by atoms with Gasteiger partial charge in [0.2, 0.25) is 5.91 Å². The summed E-state index contributed by atoms with van der Waals surface area (Å²) in [4.78, 5) is 14.0. The van der Waals surface area contributed by atoms with Gasteiger partial charge in [-0.2, -0.15) is 0 Å². The molecule has 0 spiro atoms. The van der Waals surface area contributed by atoms with Crippen molar-refractivity contribution in [3.63, 3.8) is 0 Å². The molecule has 1 aromatic heterocycles. The summed E-state index contributed by atoms with van der Waals surface area (Å²) in [6, 6.07) is 11.6. The van der Waals surface area contributed by atoms with Crippen molar-refractivity contribution in [2.24, 2.45) is 0 Å². The topological polar surface area (TPSA) is 56.9 Å². The maximum atomic E-state index is 10.8. The van der Waals surface area contributed by atoms with Crippen LogP contribution in [0.1, 0.15) is 12.6 Å². The Morgan fingerprint density at radius 1 is 1.18 bits per heavy atom. The van der Waals surface area contributed by atoms with Crippen LogP contribution in [0.5, 0.6) is 0 Å². The molecular weight excluding hydrogens is 214 g/mol. The van der Waals surface area contributed by atoms with Crippen LogP contribution in [0, 0.1) is 0 Å². The lowest BCUT2D eigenvalue weighted by Crippen LogP contribution is -2.05. The van der Waals surface area contributed by atoms with E-state index in [0.717, 1.165) is 23.6 Å². The van der Waals surface area contributed by atoms with Gasteiger partial charge in [0.1, 0.15) is 0 Å². The summed E-state index contributed by atoms with van der Waals surface area (Å²) in [7, 11) is 0. The third-order valence-corrected chi connectivity index (χ3v) is 2.35. The van der Waals surface area contributed by atoms with E-state index in [4.69, 9.17) is 0 Å². The number of carbonyl (C=O) groups is 1. The van der Waals surface area contributed by atoms with Crippen molar-refractivity contribution >= 4 is 17.3 Å². The van der Waals surface area contributed by atoms with Gasteiger partial charge in [0.05, 0.1) is 6.54 Å². The minimum atomic E-state index is -0.0582. The number of hydrogen-bond donors (Lipinski definition) is 3. The first-order valence-corrected chi connectivity index (χ1v) is 5.48. The van der Waals surface area contributed by atoms with Crippen molar-refractivity contribution in [2.75, 3.05) is 10.6 Å². The summed E-state index contributed by atoms with van der Waals surface area (Å²) in [5.41, 5.74) is 2.97. The normalized spacial score (nSPS) is 9.94. The Labute approximate surface area is 100 Å². The van der Waals surface area contributed by atoms with Gasteiger partial charge in [-0.3, -0.25) is 4.79 Å². The number of amides is 1. The molecule has 88 valence electrons. The Morgan fingerprint density at radius 3 is 2.47 bits per heavy atom. The number of H-pyrrole nitrogens is 1. The first-order chi connectivity index (χ1) is 8.24. The summed E-state index contributed by atoms with van der Waals surface area (Å²) in [6.45, 7) is 2.25. The third-order valence-electron chi connectivity index (χ3n) is 2.35. The lowest BCUT2D eigenvalue weighted by atomic mass is 10.2. The molecule has 0 bridgehead atoms. The highest BCUT2D eigenvalue weighted by molar-refractivity contribution is 5.88. The zero-order valence-electron chi connectivity index (χ0n) is 9.66. The lowest BCUT2D eigenvalue weighted by molar-refractivity contribution is -0.114. The fraction of sp³-hybridized carbons (Fsp3) is 0.154. The molecular formula is C13H15N3O. The molecule has 0 radical (unpaired) electrons. The minimum Gasteiger partial charge on any atom is -0.379 e. The van der Waals surface area contributed by atoms with Crippen LogP contribution < -0.4 is 10.6 Å². The largest absolute Gasteiger partial charge is 0.379 e. The SMILES string of the molecule is CC(=O)Nc1ccc(NCc2ccc[nH]2)cc1. The van der Waals surface area contributed by atoms with E-state index in [1.165, 1.54) is 6.92 Å². The molecule has 1 aromatic carbocycles. The van der Waals surface area contributed by atoms with E-state index in [9.17, 15) is 4.79 Å². The van der Waals surface area contributed by atoms with Gasteiger partial charge in [0.15, 0.2) is 0 Å². The van der Waals surface area contributed by atoms with Crippen molar-refractivity contribution in [1.82, 2.24) is 4.98 Å². The van der Waals surface area contributed by atoms with E-state index >= 15 is 0 Å². The zero-order chi connectivity index (χ0) is 12.1. The highest BCUT2D eigenvalue weighted by Gasteiger charge is 1.97. The standard InChI is InChI=1S/C13H15N3O/c1-10(17)16-12-6-4-11(5-7-12)15-9-13-3-2-8-14-13/h2-8,14-15H,9H2,1H3,(H,16,17). The molecule has 0 atom stereocenters. The highest BCUT2D eigenvalue weighted by Crippen LogP contribution is 2.14. The van der Waals surface area contributed by atoms with Gasteiger partial charge in [-0.1, -0.05) is 0 Å². The number of aromatic nitrogens is 1. The summed E-state index contributed by atoms with van der Waals surface area (Å²) in [5.74, 6) is -0.0582. The minimum absolute atomic E-state index is 0.0582. The molecule has 0 saturated carbocycles. The van der Waals surface area contributed by atoms with Crippen molar-refractivity contribution in [1.29, 1.82) is 0 Å². The first-order valence-electron chi connectivity index (χ1n) is 5.48. The highest BCUT2D eigenvalue weighted by atomic mass is 16.1. The van der Waals surface area contributed by atoms with Gasteiger partial charge in [0.25, 0.3) is 0 Å². The predicted molar refractivity (Wildman–Crippen MR) is 68.9 cm³/mol. The number of benzene rings is 1. The lowest BCUT2D eigenvalue weighted by Gasteiger charge is -2.06. The molecule has 1 heterocycles. The summed E-state index contributed by atoms with van der Waals surface area (Å²) in [5, 5.41) is 6.01. The first kappa shape index (κ1) is 11.3. The van der Waals surface area contributed by atoms with Gasteiger partial charge >= 0.3 is 0 Å². The monoisotopic (exact) mass is 229 g/mol. The van der Waals surface area contributed by atoms with Crippen molar-refractivity contribution in [3.8, 4) is 0 Å². The number of carbonyl (C=O) groups excluding carboxylic acids is 1. The number of aromatic amines is 1. The van der Waals surface area contributed by atoms with Crippen LogP contribution >= 0.6 is 0 Å². The van der Waals surface area contributed by atoms with E-state index in [1.807, 2.05) is 42.6 Å². The van der Waals surface area contributed by atoms with Crippen LogP contribution in [0.4, 0.5) is 11.4 Å². The summed E-state index contributed by atoms with van der Waals surface area (Å²) in [6.07, 6.45) is 1.90. The third kappa shape index (κ3) is 3.38. The number of anilines is 2. The number of nitrogens with one attached hydrogen (secondary N) is 3. The van der Waals surface area contributed by atoms with Crippen LogP contribution in [0.2, 0.25) is 0 Å². The smallest absolute Gasteiger partial charge is 0.221 e. The number of rotatable bonds is 4. The zero-order valence-corrected chi connectivity index (χ0v) is 9.66. The second-order valence-corrected chi connectivity index (χ2v) is 3.81. The summed E-state index contributed by atoms with van der Waals surface area (Å²) >= 11 is 0. The van der Waals surface area contributed by atoms with E-state index in [1.54, 1.807) is 0 Å². The average Bonchev–Trinajstić information content (AvgIpc) is 2.80. The van der Waals surface area contributed by atoms with E-state index < -0.39 is 0 Å². The molecule has 0 unspecified atom stereocenters. The molecule has 4 nitrogen and oxygen atoms in total. The van der Waals surface area contributed by atoms with Gasteiger partial charge in [-0.05, 0) is 36.4 Å². The molecule has 17 heavy (non-hydrogen) atoms. The fourth-order valence-electron chi connectivity index (χ4n) is 1.55. The fourth-order valence-corrected chi connectivity index (χ4v) is 1.55.